The molecule has 1 aliphatic rings. The number of hydrogen-bond donors (Lipinski definition) is 2. The van der Waals surface area contributed by atoms with Crippen molar-refractivity contribution in [1.29, 1.82) is 0 Å². The van der Waals surface area contributed by atoms with Crippen molar-refractivity contribution in [3.8, 4) is 0 Å². The van der Waals surface area contributed by atoms with Crippen LogP contribution in [-0.2, 0) is 20.8 Å². The van der Waals surface area contributed by atoms with Crippen molar-refractivity contribution in [2.24, 2.45) is 0 Å². The van der Waals surface area contributed by atoms with E-state index in [0.29, 0.717) is 23.1 Å². The van der Waals surface area contributed by atoms with Crippen LogP contribution < -0.4 is 10.6 Å². The second-order valence-electron chi connectivity index (χ2n) is 7.69. The Labute approximate surface area is 205 Å². The highest BCUT2D eigenvalue weighted by molar-refractivity contribution is 6.31. The molecule has 0 bridgehead atoms. The summed E-state index contributed by atoms with van der Waals surface area (Å²) in [5.41, 5.74) is 1.23. The minimum atomic E-state index is -0.899. The number of carbonyl (C=O) groups is 3. The summed E-state index contributed by atoms with van der Waals surface area (Å²) in [5.74, 6) is -0.384. The SMILES string of the molecule is CCOC(=O)C1=C(COC(=O)c2cnn(Cc3ccccc3Cl)c2)NC(=O)NC1c1ccc(C)o1. The predicted octanol–water partition coefficient (Wildman–Crippen LogP) is 3.51. The molecule has 10 nitrogen and oxygen atoms in total. The quantitative estimate of drug-likeness (QED) is 0.455. The van der Waals surface area contributed by atoms with Crippen LogP contribution in [0.25, 0.3) is 0 Å². The van der Waals surface area contributed by atoms with Gasteiger partial charge < -0.3 is 24.5 Å². The average molecular weight is 499 g/mol. The lowest BCUT2D eigenvalue weighted by Crippen LogP contribution is -2.47. The Bertz CT molecular complexity index is 1290. The van der Waals surface area contributed by atoms with Crippen LogP contribution in [0.1, 0.15) is 40.4 Å². The van der Waals surface area contributed by atoms with E-state index in [9.17, 15) is 14.4 Å². The number of nitrogens with one attached hydrogen (secondary N) is 2. The summed E-state index contributed by atoms with van der Waals surface area (Å²) in [6, 6.07) is 9.22. The van der Waals surface area contributed by atoms with Crippen LogP contribution in [0.3, 0.4) is 0 Å². The molecule has 0 saturated carbocycles. The molecule has 0 fully saturated rings. The van der Waals surface area contributed by atoms with Gasteiger partial charge in [0, 0.05) is 11.2 Å². The molecule has 0 aliphatic carbocycles. The van der Waals surface area contributed by atoms with E-state index in [2.05, 4.69) is 15.7 Å². The molecule has 2 amide bonds. The average Bonchev–Trinajstić information content (AvgIpc) is 3.48. The van der Waals surface area contributed by atoms with Gasteiger partial charge in [0.2, 0.25) is 0 Å². The van der Waals surface area contributed by atoms with Crippen molar-refractivity contribution in [2.75, 3.05) is 13.2 Å². The highest BCUT2D eigenvalue weighted by Gasteiger charge is 2.36. The first-order valence-electron chi connectivity index (χ1n) is 10.8. The number of nitrogens with zero attached hydrogens (tertiary/aromatic N) is 2. The van der Waals surface area contributed by atoms with Gasteiger partial charge in [-0.2, -0.15) is 5.10 Å². The van der Waals surface area contributed by atoms with Gasteiger partial charge in [0.25, 0.3) is 0 Å². The first-order valence-corrected chi connectivity index (χ1v) is 11.2. The fourth-order valence-electron chi connectivity index (χ4n) is 3.58. The minimum Gasteiger partial charge on any atom is -0.464 e. The Morgan fingerprint density at radius 2 is 1.97 bits per heavy atom. The van der Waals surface area contributed by atoms with Crippen molar-refractivity contribution in [2.45, 2.75) is 26.4 Å². The van der Waals surface area contributed by atoms with Gasteiger partial charge in [0.15, 0.2) is 0 Å². The van der Waals surface area contributed by atoms with Crippen LogP contribution in [0.2, 0.25) is 5.02 Å². The van der Waals surface area contributed by atoms with E-state index in [1.54, 1.807) is 36.7 Å². The normalized spacial score (nSPS) is 15.4. The molecule has 0 radical (unpaired) electrons. The maximum Gasteiger partial charge on any atom is 0.341 e. The molecular formula is C24H23ClN4O6. The van der Waals surface area contributed by atoms with Gasteiger partial charge in [-0.1, -0.05) is 29.8 Å². The molecule has 11 heteroatoms. The van der Waals surface area contributed by atoms with Crippen LogP contribution in [0.15, 0.2) is 64.5 Å². The largest absolute Gasteiger partial charge is 0.464 e. The van der Waals surface area contributed by atoms with Crippen molar-refractivity contribution in [3.05, 3.63) is 87.7 Å². The molecule has 1 aliphatic heterocycles. The van der Waals surface area contributed by atoms with Gasteiger partial charge in [0.1, 0.15) is 24.2 Å². The summed E-state index contributed by atoms with van der Waals surface area (Å²) >= 11 is 6.19. The number of hydrogen-bond acceptors (Lipinski definition) is 7. The van der Waals surface area contributed by atoms with Crippen molar-refractivity contribution in [1.82, 2.24) is 20.4 Å². The van der Waals surface area contributed by atoms with Crippen molar-refractivity contribution >= 4 is 29.6 Å². The molecule has 4 rings (SSSR count). The van der Waals surface area contributed by atoms with E-state index >= 15 is 0 Å². The Kier molecular flexibility index (Phi) is 7.21. The van der Waals surface area contributed by atoms with Crippen LogP contribution in [0.4, 0.5) is 4.79 Å². The molecule has 35 heavy (non-hydrogen) atoms. The minimum absolute atomic E-state index is 0.0861. The monoisotopic (exact) mass is 498 g/mol. The van der Waals surface area contributed by atoms with Gasteiger partial charge in [-0.3, -0.25) is 4.68 Å². The number of rotatable bonds is 8. The molecule has 182 valence electrons. The molecule has 1 atom stereocenters. The van der Waals surface area contributed by atoms with Crippen LogP contribution >= 0.6 is 11.6 Å². The lowest BCUT2D eigenvalue weighted by Gasteiger charge is -2.27. The number of benzene rings is 1. The molecule has 1 unspecified atom stereocenters. The highest BCUT2D eigenvalue weighted by Crippen LogP contribution is 2.29. The summed E-state index contributed by atoms with van der Waals surface area (Å²) in [5, 5.41) is 9.96. The molecule has 0 spiro atoms. The van der Waals surface area contributed by atoms with E-state index in [-0.39, 0.29) is 30.0 Å². The zero-order chi connectivity index (χ0) is 24.9. The molecule has 2 aromatic heterocycles. The van der Waals surface area contributed by atoms with Crippen LogP contribution in [0.5, 0.6) is 0 Å². The summed E-state index contributed by atoms with van der Waals surface area (Å²) in [6.45, 7) is 3.54. The molecule has 3 aromatic rings. The van der Waals surface area contributed by atoms with Gasteiger partial charge in [-0.25, -0.2) is 14.4 Å². The summed E-state index contributed by atoms with van der Waals surface area (Å²) in [6.07, 6.45) is 2.90. The summed E-state index contributed by atoms with van der Waals surface area (Å²) in [7, 11) is 0. The van der Waals surface area contributed by atoms with Crippen LogP contribution in [-0.4, -0.2) is 41.0 Å². The third kappa shape index (κ3) is 5.55. The third-order valence-corrected chi connectivity index (χ3v) is 5.57. The smallest absolute Gasteiger partial charge is 0.341 e. The Morgan fingerprint density at radius 1 is 1.17 bits per heavy atom. The maximum absolute atomic E-state index is 12.7. The number of urea groups is 1. The second-order valence-corrected chi connectivity index (χ2v) is 8.09. The number of halogens is 1. The van der Waals surface area contributed by atoms with Gasteiger partial charge in [-0.05, 0) is 37.6 Å². The fraction of sp³-hybridized carbons (Fsp3) is 0.250. The number of aromatic nitrogens is 2. The number of carbonyl (C=O) groups excluding carboxylic acids is 3. The molecule has 1 aromatic carbocycles. The lowest BCUT2D eigenvalue weighted by atomic mass is 10.0. The Hall–Kier alpha value is -4.05. The number of ether oxygens (including phenoxy) is 2. The Morgan fingerprint density at radius 3 is 2.69 bits per heavy atom. The first-order chi connectivity index (χ1) is 16.9. The lowest BCUT2D eigenvalue weighted by molar-refractivity contribution is -0.139. The molecule has 3 heterocycles. The van der Waals surface area contributed by atoms with Gasteiger partial charge >= 0.3 is 18.0 Å². The molecular weight excluding hydrogens is 476 g/mol. The zero-order valence-corrected chi connectivity index (χ0v) is 19.8. The molecule has 2 N–H and O–H groups in total. The first kappa shape index (κ1) is 24.1. The predicted molar refractivity (Wildman–Crippen MR) is 125 cm³/mol. The van der Waals surface area contributed by atoms with Crippen molar-refractivity contribution in [3.63, 3.8) is 0 Å². The molecule has 0 saturated heterocycles. The van der Waals surface area contributed by atoms with Gasteiger partial charge in [0.05, 0.1) is 36.2 Å². The number of amides is 2. The summed E-state index contributed by atoms with van der Waals surface area (Å²) < 4.78 is 17.7. The standard InChI is InChI=1S/C24H23ClN4O6/c1-3-33-23(31)20-18(27-24(32)28-21(20)19-9-8-14(2)35-19)13-34-22(30)16-10-26-29(12-16)11-15-6-4-5-7-17(15)25/h4-10,12,21H,3,11,13H2,1-2H3,(H2,27,28,32). The van der Waals surface area contributed by atoms with Gasteiger partial charge in [-0.15, -0.1) is 0 Å². The zero-order valence-electron chi connectivity index (χ0n) is 19.0. The van der Waals surface area contributed by atoms with Crippen LogP contribution in [0, 0.1) is 6.92 Å². The fourth-order valence-corrected chi connectivity index (χ4v) is 3.78. The van der Waals surface area contributed by atoms with Crippen molar-refractivity contribution < 1.29 is 28.3 Å². The second kappa shape index (κ2) is 10.5. The van der Waals surface area contributed by atoms with E-state index in [0.717, 1.165) is 5.56 Å². The third-order valence-electron chi connectivity index (χ3n) is 5.20. The highest BCUT2D eigenvalue weighted by atomic mass is 35.5. The maximum atomic E-state index is 12.7. The topological polar surface area (TPSA) is 125 Å². The number of aryl methyl sites for hydroxylation is 1. The van der Waals surface area contributed by atoms with E-state index in [1.807, 2.05) is 18.2 Å². The Balaban J connectivity index is 1.52. The van der Waals surface area contributed by atoms with E-state index < -0.39 is 24.0 Å². The summed E-state index contributed by atoms with van der Waals surface area (Å²) in [4.78, 5) is 37.7. The number of furan rings is 1. The van der Waals surface area contributed by atoms with E-state index in [1.165, 1.54) is 12.4 Å². The van der Waals surface area contributed by atoms with E-state index in [4.69, 9.17) is 25.5 Å². The number of esters is 2.